The number of nitriles is 1. The molecule has 2 aliphatic rings. The summed E-state index contributed by atoms with van der Waals surface area (Å²) in [7, 11) is 0. The average Bonchev–Trinajstić information content (AvgIpc) is 3.35. The van der Waals surface area contributed by atoms with Crippen LogP contribution in [0.3, 0.4) is 0 Å². The molecule has 4 atom stereocenters. The van der Waals surface area contributed by atoms with Crippen LogP contribution in [0.5, 0.6) is 0 Å². The number of nitrogens with one attached hydrogen (secondary N) is 2. The maximum Gasteiger partial charge on any atom is 0.408 e. The van der Waals surface area contributed by atoms with Crippen molar-refractivity contribution in [1.29, 1.82) is 5.26 Å². The van der Waals surface area contributed by atoms with Gasteiger partial charge in [0.1, 0.15) is 18.1 Å². The number of amides is 4. The summed E-state index contributed by atoms with van der Waals surface area (Å²) in [5, 5.41) is 15.4. The van der Waals surface area contributed by atoms with Gasteiger partial charge in [-0.25, -0.2) is 4.79 Å². The van der Waals surface area contributed by atoms with Crippen molar-refractivity contribution in [3.05, 3.63) is 29.8 Å². The molecule has 1 aromatic rings. The average molecular weight is 512 g/mol. The van der Waals surface area contributed by atoms with Gasteiger partial charge in [-0.05, 0) is 51.7 Å². The third kappa shape index (κ3) is 5.55. The predicted octanol–water partition coefficient (Wildman–Crippen LogP) is 2.79. The number of carbonyl (C=O) groups is 4. The van der Waals surface area contributed by atoms with Gasteiger partial charge in [-0.1, -0.05) is 32.0 Å². The minimum atomic E-state index is -1.01. The molecule has 1 spiro atoms. The van der Waals surface area contributed by atoms with E-state index in [-0.39, 0.29) is 43.3 Å². The number of benzene rings is 1. The molecule has 1 aromatic carbocycles. The molecular weight excluding hydrogens is 474 g/mol. The van der Waals surface area contributed by atoms with E-state index in [1.54, 1.807) is 27.7 Å². The van der Waals surface area contributed by atoms with Crippen molar-refractivity contribution in [1.82, 2.24) is 15.1 Å². The van der Waals surface area contributed by atoms with E-state index >= 15 is 0 Å². The van der Waals surface area contributed by atoms with Crippen LogP contribution < -0.4 is 10.6 Å². The van der Waals surface area contributed by atoms with Gasteiger partial charge in [0.25, 0.3) is 0 Å². The van der Waals surface area contributed by atoms with E-state index in [1.165, 1.54) is 9.80 Å². The minimum Gasteiger partial charge on any atom is -0.447 e. The highest BCUT2D eigenvalue weighted by atomic mass is 16.6. The number of hydrogen-bond acceptors (Lipinski definition) is 6. The fraction of sp³-hybridized carbons (Fsp3) is 0.593. The van der Waals surface area contributed by atoms with Gasteiger partial charge in [-0.15, -0.1) is 0 Å². The first-order valence-electron chi connectivity index (χ1n) is 12.8. The zero-order chi connectivity index (χ0) is 27.5. The molecule has 3 rings (SSSR count). The van der Waals surface area contributed by atoms with Crippen molar-refractivity contribution >= 4 is 29.5 Å². The van der Waals surface area contributed by atoms with Gasteiger partial charge in [0.2, 0.25) is 17.7 Å². The molecule has 37 heavy (non-hydrogen) atoms. The number of likely N-dealkylation sites (tertiary alicyclic amines) is 1. The van der Waals surface area contributed by atoms with Gasteiger partial charge in [0.15, 0.2) is 0 Å². The Balaban J connectivity index is 1.89. The molecule has 2 aliphatic heterocycles. The number of likely N-dealkylation sites (N-methyl/N-ethyl adjacent to an activating group) is 1. The summed E-state index contributed by atoms with van der Waals surface area (Å²) in [6, 6.07) is 6.95. The van der Waals surface area contributed by atoms with Gasteiger partial charge in [0.05, 0.1) is 17.6 Å². The molecule has 0 saturated carbocycles. The second kappa shape index (κ2) is 11.2. The largest absolute Gasteiger partial charge is 0.447 e. The molecular formula is C27H37N5O5. The Morgan fingerprint density at radius 1 is 1.24 bits per heavy atom. The summed E-state index contributed by atoms with van der Waals surface area (Å²) in [4.78, 5) is 55.6. The first-order chi connectivity index (χ1) is 17.4. The van der Waals surface area contributed by atoms with E-state index < -0.39 is 35.5 Å². The lowest BCUT2D eigenvalue weighted by molar-refractivity contribution is -0.147. The maximum absolute atomic E-state index is 14.0. The third-order valence-corrected chi connectivity index (χ3v) is 6.94. The van der Waals surface area contributed by atoms with E-state index in [2.05, 4.69) is 16.7 Å². The highest BCUT2D eigenvalue weighted by Gasteiger charge is 2.56. The molecule has 2 heterocycles. The summed E-state index contributed by atoms with van der Waals surface area (Å²) in [6.07, 6.45) is -0.504. The molecule has 2 N–H and O–H groups in total. The molecule has 4 amide bonds. The van der Waals surface area contributed by atoms with Crippen LogP contribution in [0.1, 0.15) is 59.9 Å². The Morgan fingerprint density at radius 2 is 1.92 bits per heavy atom. The number of fused-ring (bicyclic) bond motifs is 2. The number of alkyl carbamates (subject to hydrolysis) is 1. The molecule has 0 radical (unpaired) electrons. The van der Waals surface area contributed by atoms with Crippen LogP contribution in [-0.2, 0) is 24.5 Å². The summed E-state index contributed by atoms with van der Waals surface area (Å²) < 4.78 is 5.09. The van der Waals surface area contributed by atoms with Crippen molar-refractivity contribution in [2.24, 2.45) is 5.92 Å². The number of ether oxygens (including phenoxy) is 1. The number of hydrogen-bond donors (Lipinski definition) is 2. The second-order valence-corrected chi connectivity index (χ2v) is 10.5. The Labute approximate surface area is 218 Å². The van der Waals surface area contributed by atoms with Crippen molar-refractivity contribution in [2.45, 2.75) is 84.0 Å². The van der Waals surface area contributed by atoms with Gasteiger partial charge < -0.3 is 25.2 Å². The van der Waals surface area contributed by atoms with Crippen molar-refractivity contribution in [3.8, 4) is 6.07 Å². The lowest BCUT2D eigenvalue weighted by Crippen LogP contribution is -2.57. The lowest BCUT2D eigenvalue weighted by Gasteiger charge is -2.36. The molecule has 0 unspecified atom stereocenters. The lowest BCUT2D eigenvalue weighted by atomic mass is 9.80. The van der Waals surface area contributed by atoms with E-state index in [0.717, 1.165) is 5.56 Å². The number of carbonyl (C=O) groups excluding carboxylic acids is 4. The monoisotopic (exact) mass is 511 g/mol. The van der Waals surface area contributed by atoms with Crippen LogP contribution in [0, 0.1) is 17.2 Å². The Bertz CT molecular complexity index is 1100. The number of rotatable bonds is 8. The van der Waals surface area contributed by atoms with Crippen LogP contribution in [0.2, 0.25) is 0 Å². The van der Waals surface area contributed by atoms with Gasteiger partial charge in [-0.3, -0.25) is 14.4 Å². The number of para-hydroxylation sites is 1. The van der Waals surface area contributed by atoms with E-state index in [4.69, 9.17) is 4.74 Å². The quantitative estimate of drug-likeness (QED) is 0.552. The predicted molar refractivity (Wildman–Crippen MR) is 137 cm³/mol. The Kier molecular flexibility index (Phi) is 8.46. The Morgan fingerprint density at radius 3 is 2.51 bits per heavy atom. The summed E-state index contributed by atoms with van der Waals surface area (Å²) >= 11 is 0. The summed E-state index contributed by atoms with van der Waals surface area (Å²) in [5.41, 5.74) is 0.461. The maximum atomic E-state index is 14.0. The fourth-order valence-electron chi connectivity index (χ4n) is 5.25. The topological polar surface area (TPSA) is 132 Å². The second-order valence-electron chi connectivity index (χ2n) is 10.5. The van der Waals surface area contributed by atoms with Gasteiger partial charge in [0, 0.05) is 25.2 Å². The van der Waals surface area contributed by atoms with Crippen molar-refractivity contribution in [2.75, 3.05) is 18.4 Å². The molecule has 1 saturated heterocycles. The van der Waals surface area contributed by atoms with Crippen LogP contribution in [0.4, 0.5) is 10.5 Å². The van der Waals surface area contributed by atoms with Crippen LogP contribution in [0.25, 0.3) is 0 Å². The molecule has 0 aromatic heterocycles. The molecule has 200 valence electrons. The van der Waals surface area contributed by atoms with Crippen LogP contribution >= 0.6 is 0 Å². The zero-order valence-corrected chi connectivity index (χ0v) is 22.4. The minimum absolute atomic E-state index is 0.0573. The molecule has 10 nitrogen and oxygen atoms in total. The normalized spacial score (nSPS) is 21.9. The molecule has 1 fully saturated rings. The highest BCUT2D eigenvalue weighted by Crippen LogP contribution is 2.46. The van der Waals surface area contributed by atoms with Crippen molar-refractivity contribution in [3.63, 3.8) is 0 Å². The first-order valence-corrected chi connectivity index (χ1v) is 12.8. The Hall–Kier alpha value is -3.61. The molecule has 0 bridgehead atoms. The van der Waals surface area contributed by atoms with Gasteiger partial charge >= 0.3 is 6.09 Å². The highest BCUT2D eigenvalue weighted by molar-refractivity contribution is 6.07. The summed E-state index contributed by atoms with van der Waals surface area (Å²) in [5.74, 6) is -0.956. The van der Waals surface area contributed by atoms with E-state index in [9.17, 15) is 24.4 Å². The molecule has 10 heteroatoms. The molecule has 0 aliphatic carbocycles. The van der Waals surface area contributed by atoms with Crippen LogP contribution in [-0.4, -0.2) is 70.9 Å². The first kappa shape index (κ1) is 28.0. The number of anilines is 1. The van der Waals surface area contributed by atoms with Gasteiger partial charge in [-0.2, -0.15) is 5.26 Å². The zero-order valence-electron chi connectivity index (χ0n) is 22.4. The SMILES string of the molecule is CCN(C(=O)[C@H](C)NC(=O)OC(C)C)[C@@H](CC(C)C)C(=O)N1C[C@]2(C[C@H]1C#N)C(=O)Nc1ccccc12. The van der Waals surface area contributed by atoms with E-state index in [1.807, 2.05) is 38.1 Å². The fourth-order valence-corrected chi connectivity index (χ4v) is 5.25. The van der Waals surface area contributed by atoms with Crippen LogP contribution in [0.15, 0.2) is 24.3 Å². The number of nitrogens with zero attached hydrogens (tertiary/aromatic N) is 3. The summed E-state index contributed by atoms with van der Waals surface area (Å²) in [6.45, 7) is 10.9. The smallest absolute Gasteiger partial charge is 0.408 e. The standard InChI is InChI=1S/C27H37N5O5/c1-7-31(23(33)18(6)29-26(36)37-17(4)5)22(12-16(2)3)24(34)32-15-27(13-19(32)14-28)20-10-8-9-11-21(20)30-25(27)35/h8-11,16-19,22H,7,12-13,15H2,1-6H3,(H,29,36)(H,30,35)/t18-,19-,22-,27-/m0/s1. The van der Waals surface area contributed by atoms with Crippen molar-refractivity contribution < 1.29 is 23.9 Å². The third-order valence-electron chi connectivity index (χ3n) is 6.94. The van der Waals surface area contributed by atoms with E-state index in [0.29, 0.717) is 12.1 Å².